The standard InChI is InChI=1S/C10H8ClF3N2O/c11-7-2-1-5(10(12,13)14)3-6(7)8-4-15-9(17)16-8/h1-3,8H,4H2,(H2,15,16,17)/t8-/m0/s1. The molecule has 92 valence electrons. The van der Waals surface area contributed by atoms with Gasteiger partial charge in [0, 0.05) is 11.6 Å². The van der Waals surface area contributed by atoms with Gasteiger partial charge in [-0.2, -0.15) is 13.2 Å². The highest BCUT2D eigenvalue weighted by Crippen LogP contribution is 2.34. The molecular weight excluding hydrogens is 257 g/mol. The monoisotopic (exact) mass is 264 g/mol. The Morgan fingerprint density at radius 2 is 2.06 bits per heavy atom. The molecule has 1 heterocycles. The van der Waals surface area contributed by atoms with Crippen LogP contribution in [0.2, 0.25) is 5.02 Å². The molecule has 1 aliphatic heterocycles. The van der Waals surface area contributed by atoms with E-state index in [1.807, 2.05) is 0 Å². The Bertz CT molecular complexity index is 461. The summed E-state index contributed by atoms with van der Waals surface area (Å²) in [6.07, 6.45) is -4.42. The normalized spacial score (nSPS) is 20.0. The molecule has 0 bridgehead atoms. The Morgan fingerprint density at radius 1 is 1.35 bits per heavy atom. The van der Waals surface area contributed by atoms with Crippen molar-refractivity contribution in [1.29, 1.82) is 0 Å². The first-order valence-corrected chi connectivity index (χ1v) is 5.17. The van der Waals surface area contributed by atoms with Gasteiger partial charge in [-0.15, -0.1) is 0 Å². The van der Waals surface area contributed by atoms with Crippen molar-refractivity contribution in [1.82, 2.24) is 10.6 Å². The molecule has 17 heavy (non-hydrogen) atoms. The molecule has 2 N–H and O–H groups in total. The molecule has 7 heteroatoms. The number of hydrogen-bond donors (Lipinski definition) is 2. The van der Waals surface area contributed by atoms with E-state index in [9.17, 15) is 18.0 Å². The maximum atomic E-state index is 12.5. The Hall–Kier alpha value is -1.43. The summed E-state index contributed by atoms with van der Waals surface area (Å²) in [7, 11) is 0. The van der Waals surface area contributed by atoms with E-state index >= 15 is 0 Å². The van der Waals surface area contributed by atoms with Crippen LogP contribution in [0.4, 0.5) is 18.0 Å². The van der Waals surface area contributed by atoms with Gasteiger partial charge < -0.3 is 10.6 Å². The van der Waals surface area contributed by atoms with Gasteiger partial charge >= 0.3 is 12.2 Å². The molecule has 1 atom stereocenters. The van der Waals surface area contributed by atoms with Crippen molar-refractivity contribution in [2.45, 2.75) is 12.2 Å². The Labute approximate surface area is 99.9 Å². The molecule has 0 aliphatic carbocycles. The maximum absolute atomic E-state index is 12.5. The molecule has 1 saturated heterocycles. The van der Waals surface area contributed by atoms with Crippen LogP contribution in [0, 0.1) is 0 Å². The van der Waals surface area contributed by atoms with Gasteiger partial charge in [0.1, 0.15) is 0 Å². The van der Waals surface area contributed by atoms with Crippen molar-refractivity contribution in [2.24, 2.45) is 0 Å². The highest BCUT2D eigenvalue weighted by Gasteiger charge is 2.32. The van der Waals surface area contributed by atoms with Crippen LogP contribution in [-0.2, 0) is 6.18 Å². The Balaban J connectivity index is 2.36. The second kappa shape index (κ2) is 4.10. The van der Waals surface area contributed by atoms with Crippen LogP contribution < -0.4 is 10.6 Å². The number of hydrogen-bond acceptors (Lipinski definition) is 1. The number of amides is 2. The summed E-state index contributed by atoms with van der Waals surface area (Å²) < 4.78 is 37.6. The molecular formula is C10H8ClF3N2O. The average molecular weight is 265 g/mol. The van der Waals surface area contributed by atoms with Gasteiger partial charge in [-0.1, -0.05) is 11.6 Å². The van der Waals surface area contributed by atoms with Crippen molar-refractivity contribution >= 4 is 17.6 Å². The molecule has 3 nitrogen and oxygen atoms in total. The molecule has 1 aliphatic rings. The molecule has 1 aromatic carbocycles. The molecule has 0 radical (unpaired) electrons. The van der Waals surface area contributed by atoms with Crippen molar-refractivity contribution in [3.8, 4) is 0 Å². The molecule has 1 fully saturated rings. The molecule has 2 rings (SSSR count). The number of carbonyl (C=O) groups is 1. The van der Waals surface area contributed by atoms with E-state index in [4.69, 9.17) is 11.6 Å². The van der Waals surface area contributed by atoms with Gasteiger partial charge in [-0.05, 0) is 23.8 Å². The molecule has 0 unspecified atom stereocenters. The van der Waals surface area contributed by atoms with E-state index < -0.39 is 23.8 Å². The summed E-state index contributed by atoms with van der Waals surface area (Å²) in [6.45, 7) is 0.222. The minimum Gasteiger partial charge on any atom is -0.336 e. The van der Waals surface area contributed by atoms with Gasteiger partial charge in [0.25, 0.3) is 0 Å². The lowest BCUT2D eigenvalue weighted by molar-refractivity contribution is -0.137. The van der Waals surface area contributed by atoms with E-state index in [0.29, 0.717) is 0 Å². The van der Waals surface area contributed by atoms with Crippen LogP contribution in [-0.4, -0.2) is 12.6 Å². The van der Waals surface area contributed by atoms with Crippen molar-refractivity contribution in [2.75, 3.05) is 6.54 Å². The number of urea groups is 1. The number of carbonyl (C=O) groups excluding carboxylic acids is 1. The lowest BCUT2D eigenvalue weighted by Gasteiger charge is -2.14. The van der Waals surface area contributed by atoms with E-state index in [2.05, 4.69) is 10.6 Å². The van der Waals surface area contributed by atoms with E-state index in [-0.39, 0.29) is 17.1 Å². The minimum atomic E-state index is -4.42. The predicted molar refractivity (Wildman–Crippen MR) is 55.7 cm³/mol. The van der Waals surface area contributed by atoms with Crippen LogP contribution in [0.25, 0.3) is 0 Å². The van der Waals surface area contributed by atoms with Gasteiger partial charge in [0.15, 0.2) is 0 Å². The first-order valence-electron chi connectivity index (χ1n) is 4.79. The quantitative estimate of drug-likeness (QED) is 0.804. The zero-order valence-electron chi connectivity index (χ0n) is 8.44. The van der Waals surface area contributed by atoms with Crippen LogP contribution in [0.5, 0.6) is 0 Å². The van der Waals surface area contributed by atoms with Crippen LogP contribution in [0.15, 0.2) is 18.2 Å². The molecule has 0 aromatic heterocycles. The van der Waals surface area contributed by atoms with Crippen LogP contribution >= 0.6 is 11.6 Å². The number of nitrogens with one attached hydrogen (secondary N) is 2. The fraction of sp³-hybridized carbons (Fsp3) is 0.300. The van der Waals surface area contributed by atoms with Gasteiger partial charge in [0.2, 0.25) is 0 Å². The van der Waals surface area contributed by atoms with E-state index in [0.717, 1.165) is 12.1 Å². The zero-order valence-corrected chi connectivity index (χ0v) is 9.19. The first kappa shape index (κ1) is 12.0. The minimum absolute atomic E-state index is 0.201. The third-order valence-electron chi connectivity index (χ3n) is 2.47. The predicted octanol–water partition coefficient (Wildman–Crippen LogP) is 2.71. The Morgan fingerprint density at radius 3 is 2.59 bits per heavy atom. The Kier molecular flexibility index (Phi) is 2.91. The summed E-state index contributed by atoms with van der Waals surface area (Å²) in [6, 6.07) is 2.11. The summed E-state index contributed by atoms with van der Waals surface area (Å²) in [5.41, 5.74) is -0.516. The molecule has 2 amide bonds. The second-order valence-corrected chi connectivity index (χ2v) is 4.05. The van der Waals surface area contributed by atoms with Gasteiger partial charge in [-0.25, -0.2) is 4.79 Å². The number of alkyl halides is 3. The smallest absolute Gasteiger partial charge is 0.336 e. The highest BCUT2D eigenvalue weighted by atomic mass is 35.5. The maximum Gasteiger partial charge on any atom is 0.416 e. The molecule has 0 spiro atoms. The number of rotatable bonds is 1. The fourth-order valence-electron chi connectivity index (χ4n) is 1.63. The second-order valence-electron chi connectivity index (χ2n) is 3.64. The third-order valence-corrected chi connectivity index (χ3v) is 2.82. The summed E-state index contributed by atoms with van der Waals surface area (Å²) in [5, 5.41) is 5.15. The first-order chi connectivity index (χ1) is 7.88. The van der Waals surface area contributed by atoms with Crippen LogP contribution in [0.1, 0.15) is 17.2 Å². The number of benzene rings is 1. The largest absolute Gasteiger partial charge is 0.416 e. The lowest BCUT2D eigenvalue weighted by atomic mass is 10.0. The summed E-state index contributed by atoms with van der Waals surface area (Å²) >= 11 is 5.83. The van der Waals surface area contributed by atoms with E-state index in [1.165, 1.54) is 6.07 Å². The van der Waals surface area contributed by atoms with Gasteiger partial charge in [-0.3, -0.25) is 0 Å². The van der Waals surface area contributed by atoms with Crippen LogP contribution in [0.3, 0.4) is 0 Å². The van der Waals surface area contributed by atoms with Gasteiger partial charge in [0.05, 0.1) is 11.6 Å². The third kappa shape index (κ3) is 2.46. The van der Waals surface area contributed by atoms with Crippen molar-refractivity contribution < 1.29 is 18.0 Å². The zero-order chi connectivity index (χ0) is 12.6. The fourth-order valence-corrected chi connectivity index (χ4v) is 1.88. The molecule has 0 saturated carbocycles. The summed E-state index contributed by atoms with van der Waals surface area (Å²) in [4.78, 5) is 10.9. The topological polar surface area (TPSA) is 41.1 Å². The van der Waals surface area contributed by atoms with Crippen molar-refractivity contribution in [3.05, 3.63) is 34.3 Å². The average Bonchev–Trinajstić information content (AvgIpc) is 2.63. The van der Waals surface area contributed by atoms with Crippen molar-refractivity contribution in [3.63, 3.8) is 0 Å². The SMILES string of the molecule is O=C1NC[C@@H](c2cc(C(F)(F)F)ccc2Cl)N1. The summed E-state index contributed by atoms with van der Waals surface area (Å²) in [5.74, 6) is 0. The molecule has 1 aromatic rings. The number of halogens is 4. The lowest BCUT2D eigenvalue weighted by Crippen LogP contribution is -2.22. The van der Waals surface area contributed by atoms with E-state index in [1.54, 1.807) is 0 Å². The highest BCUT2D eigenvalue weighted by molar-refractivity contribution is 6.31.